The third-order valence-electron chi connectivity index (χ3n) is 0.521. The van der Waals surface area contributed by atoms with Crippen LogP contribution in [0.15, 0.2) is 11.2 Å². The summed E-state index contributed by atoms with van der Waals surface area (Å²) in [7, 11) is 1.65. The molecule has 0 atom stereocenters. The Morgan fingerprint density at radius 1 is 1.88 bits per heavy atom. The molecule has 3 nitrogen and oxygen atoms in total. The second kappa shape index (κ2) is 3.32. The molecule has 0 aromatic carbocycles. The summed E-state index contributed by atoms with van der Waals surface area (Å²) in [5.74, 6) is -0.0515. The lowest BCUT2D eigenvalue weighted by Gasteiger charge is -1.92. The molecule has 0 saturated carbocycles. The molecule has 4 heteroatoms. The van der Waals surface area contributed by atoms with E-state index in [9.17, 15) is 0 Å². The average molecular weight is 134 g/mol. The van der Waals surface area contributed by atoms with E-state index in [1.54, 1.807) is 7.05 Å². The van der Waals surface area contributed by atoms with Crippen LogP contribution in [0.4, 0.5) is 0 Å². The van der Waals surface area contributed by atoms with Gasteiger partial charge in [0.25, 0.3) is 0 Å². The van der Waals surface area contributed by atoms with Crippen molar-refractivity contribution in [1.29, 1.82) is 5.41 Å². The van der Waals surface area contributed by atoms with Crippen LogP contribution < -0.4 is 11.1 Å². The lowest BCUT2D eigenvalue weighted by atomic mass is 10.6. The molecule has 0 saturated heterocycles. The van der Waals surface area contributed by atoms with Gasteiger partial charge in [0.15, 0.2) is 0 Å². The van der Waals surface area contributed by atoms with Gasteiger partial charge in [0.1, 0.15) is 11.0 Å². The molecule has 4 N–H and O–H groups in total. The van der Waals surface area contributed by atoms with E-state index in [0.717, 1.165) is 0 Å². The van der Waals surface area contributed by atoms with Gasteiger partial charge >= 0.3 is 0 Å². The Labute approximate surface area is 53.0 Å². The van der Waals surface area contributed by atoms with Crippen LogP contribution in [0.2, 0.25) is 0 Å². The van der Waals surface area contributed by atoms with E-state index in [0.29, 0.717) is 5.16 Å². The predicted octanol–water partition coefficient (Wildman–Crippen LogP) is 0.222. The summed E-state index contributed by atoms with van der Waals surface area (Å²) in [4.78, 5) is 0. The van der Waals surface area contributed by atoms with Crippen molar-refractivity contribution in [3.05, 3.63) is 11.2 Å². The van der Waals surface area contributed by atoms with Crippen LogP contribution in [0.3, 0.4) is 0 Å². The third kappa shape index (κ3) is 3.49. The van der Waals surface area contributed by atoms with Crippen molar-refractivity contribution in [3.63, 3.8) is 0 Å². The fraction of sp³-hybridized carbons (Fsp3) is 0.250. The minimum Gasteiger partial charge on any atom is -0.384 e. The van der Waals surface area contributed by atoms with Gasteiger partial charge in [0.2, 0.25) is 0 Å². The van der Waals surface area contributed by atoms with Gasteiger partial charge in [-0.1, -0.05) is 11.6 Å². The zero-order valence-corrected chi connectivity index (χ0v) is 5.29. The van der Waals surface area contributed by atoms with Gasteiger partial charge in [-0.15, -0.1) is 0 Å². The Bertz CT molecular complexity index is 118. The number of halogens is 1. The highest BCUT2D eigenvalue weighted by molar-refractivity contribution is 6.30. The van der Waals surface area contributed by atoms with Gasteiger partial charge in [0, 0.05) is 13.1 Å². The molecule has 0 radical (unpaired) electrons. The van der Waals surface area contributed by atoms with Gasteiger partial charge in [-0.25, -0.2) is 0 Å². The Kier molecular flexibility index (Phi) is 3.03. The predicted molar refractivity (Wildman–Crippen MR) is 34.9 cm³/mol. The van der Waals surface area contributed by atoms with E-state index in [1.165, 1.54) is 6.08 Å². The quantitative estimate of drug-likeness (QED) is 0.287. The molecule has 8 heavy (non-hydrogen) atoms. The molecule has 46 valence electrons. The summed E-state index contributed by atoms with van der Waals surface area (Å²) >= 11 is 5.39. The van der Waals surface area contributed by atoms with Gasteiger partial charge in [-0.3, -0.25) is 5.41 Å². The van der Waals surface area contributed by atoms with E-state index >= 15 is 0 Å². The second-order valence-electron chi connectivity index (χ2n) is 1.20. The van der Waals surface area contributed by atoms with Crippen molar-refractivity contribution in [1.82, 2.24) is 5.32 Å². The molecule has 0 aromatic rings. The van der Waals surface area contributed by atoms with Gasteiger partial charge in [-0.05, 0) is 0 Å². The Hall–Kier alpha value is -0.700. The molecule has 0 aliphatic rings. The van der Waals surface area contributed by atoms with Crippen LogP contribution in [0.5, 0.6) is 0 Å². The van der Waals surface area contributed by atoms with Crippen molar-refractivity contribution in [2.75, 3.05) is 7.05 Å². The zero-order valence-electron chi connectivity index (χ0n) is 4.53. The Morgan fingerprint density at radius 2 is 2.38 bits per heavy atom. The minimum absolute atomic E-state index is 0.0515. The maximum atomic E-state index is 6.70. The van der Waals surface area contributed by atoms with Crippen molar-refractivity contribution in [2.45, 2.75) is 0 Å². The highest BCUT2D eigenvalue weighted by atomic mass is 35.5. The fourth-order valence-electron chi connectivity index (χ4n) is 0.209. The van der Waals surface area contributed by atoms with E-state index in [1.807, 2.05) is 0 Å². The number of nitrogens with one attached hydrogen (secondary N) is 2. The summed E-state index contributed by atoms with van der Waals surface area (Å²) in [6.07, 6.45) is 1.32. The van der Waals surface area contributed by atoms with Gasteiger partial charge in [0.05, 0.1) is 0 Å². The minimum atomic E-state index is -0.0515. The van der Waals surface area contributed by atoms with Gasteiger partial charge < -0.3 is 11.1 Å². The first kappa shape index (κ1) is 7.30. The van der Waals surface area contributed by atoms with Crippen LogP contribution in [0.25, 0.3) is 0 Å². The molecule has 0 rings (SSSR count). The lowest BCUT2D eigenvalue weighted by molar-refractivity contribution is 1.07. The summed E-state index contributed by atoms with van der Waals surface area (Å²) < 4.78 is 0. The average Bonchev–Trinajstić information content (AvgIpc) is 1.65. The summed E-state index contributed by atoms with van der Waals surface area (Å²) in [5, 5.41) is 9.68. The first-order valence-corrected chi connectivity index (χ1v) is 2.43. The largest absolute Gasteiger partial charge is 0.384 e. The number of hydrogen-bond acceptors (Lipinski definition) is 2. The Balaban J connectivity index is 3.75. The maximum Gasteiger partial charge on any atom is 0.118 e. The van der Waals surface area contributed by atoms with Crippen LogP contribution in [-0.4, -0.2) is 12.9 Å². The highest BCUT2D eigenvalue weighted by Crippen LogP contribution is 1.90. The zero-order chi connectivity index (χ0) is 6.57. The first-order chi connectivity index (χ1) is 3.66. The van der Waals surface area contributed by atoms with E-state index in [4.69, 9.17) is 22.7 Å². The van der Waals surface area contributed by atoms with Gasteiger partial charge in [-0.2, -0.15) is 0 Å². The lowest BCUT2D eigenvalue weighted by Crippen LogP contribution is -2.09. The molecular weight excluding hydrogens is 126 g/mol. The summed E-state index contributed by atoms with van der Waals surface area (Å²) in [6.45, 7) is 0. The molecule has 0 amide bonds. The van der Waals surface area contributed by atoms with Crippen molar-refractivity contribution < 1.29 is 0 Å². The summed E-state index contributed by atoms with van der Waals surface area (Å²) in [6, 6.07) is 0. The van der Waals surface area contributed by atoms with Crippen molar-refractivity contribution in [2.24, 2.45) is 5.73 Å². The summed E-state index contributed by atoms with van der Waals surface area (Å²) in [5.41, 5.74) is 4.95. The monoisotopic (exact) mass is 133 g/mol. The van der Waals surface area contributed by atoms with Crippen molar-refractivity contribution in [3.8, 4) is 0 Å². The molecule has 0 bridgehead atoms. The van der Waals surface area contributed by atoms with Crippen LogP contribution in [-0.2, 0) is 0 Å². The van der Waals surface area contributed by atoms with Crippen LogP contribution >= 0.6 is 11.6 Å². The van der Waals surface area contributed by atoms with Crippen molar-refractivity contribution >= 4 is 17.4 Å². The van der Waals surface area contributed by atoms with E-state index in [-0.39, 0.29) is 5.84 Å². The highest BCUT2D eigenvalue weighted by Gasteiger charge is 1.83. The molecular formula is C4H8ClN3. The Morgan fingerprint density at radius 3 is 2.50 bits per heavy atom. The molecule has 0 aliphatic heterocycles. The topological polar surface area (TPSA) is 61.9 Å². The van der Waals surface area contributed by atoms with E-state index in [2.05, 4.69) is 5.32 Å². The smallest absolute Gasteiger partial charge is 0.118 e. The molecule has 0 fully saturated rings. The first-order valence-electron chi connectivity index (χ1n) is 2.06. The normalized spacial score (nSPS) is 11.0. The SMILES string of the molecule is CN/C(Cl)=C\C(=N)N. The molecule has 0 aromatic heterocycles. The fourth-order valence-corrected chi connectivity index (χ4v) is 0.326. The number of nitrogens with two attached hydrogens (primary N) is 1. The maximum absolute atomic E-state index is 6.70. The number of rotatable bonds is 2. The third-order valence-corrected chi connectivity index (χ3v) is 0.819. The molecule has 0 heterocycles. The van der Waals surface area contributed by atoms with E-state index < -0.39 is 0 Å². The molecule has 0 unspecified atom stereocenters. The molecule has 0 spiro atoms. The second-order valence-corrected chi connectivity index (χ2v) is 1.60. The standard InChI is InChI=1S/C4H8ClN3/c1-8-3(5)2-4(6)7/h2,8H,1H3,(H3,6,7)/b3-2-. The van der Waals surface area contributed by atoms with Crippen LogP contribution in [0.1, 0.15) is 0 Å². The number of amidine groups is 1. The molecule has 0 aliphatic carbocycles. The number of hydrogen-bond donors (Lipinski definition) is 3. The van der Waals surface area contributed by atoms with Crippen LogP contribution in [0, 0.1) is 5.41 Å².